The average Bonchev–Trinajstić information content (AvgIpc) is 3.48. The molecule has 182 valence electrons. The number of carbonyl (C=O) groups excluding carboxylic acids is 3. The first-order valence-electron chi connectivity index (χ1n) is 10.8. The number of aliphatic hydroxyl groups is 1. The Morgan fingerprint density at radius 2 is 1.86 bits per heavy atom. The zero-order valence-corrected chi connectivity index (χ0v) is 20.2. The van der Waals surface area contributed by atoms with Crippen LogP contribution in [0.3, 0.4) is 0 Å². The molecule has 1 fully saturated rings. The number of imidazole rings is 1. The number of aryl methyl sites for hydroxylation is 2. The molecule has 1 aliphatic heterocycles. The highest BCUT2D eigenvalue weighted by Gasteiger charge is 2.49. The van der Waals surface area contributed by atoms with Crippen molar-refractivity contribution in [2.24, 2.45) is 0 Å². The number of ether oxygens (including phenoxy) is 1. The number of pyridine rings is 1. The van der Waals surface area contributed by atoms with Crippen molar-refractivity contribution in [3.63, 3.8) is 0 Å². The van der Waals surface area contributed by atoms with Gasteiger partial charge in [-0.05, 0) is 43.7 Å². The second-order valence-electron chi connectivity index (χ2n) is 8.14. The third-order valence-corrected chi connectivity index (χ3v) is 7.06. The third-order valence-electron chi connectivity index (χ3n) is 5.92. The maximum atomic E-state index is 13.4. The Balaban J connectivity index is 1.77. The number of esters is 1. The number of Topliss-reactive ketones (excluding diaryl/α,β-unsaturated/α-hetero) is 1. The number of ketones is 1. The van der Waals surface area contributed by atoms with Gasteiger partial charge in [0.25, 0.3) is 5.78 Å². The summed E-state index contributed by atoms with van der Waals surface area (Å²) >= 11 is 0.898. The molecule has 0 bridgehead atoms. The predicted octanol–water partition coefficient (Wildman–Crippen LogP) is 3.53. The lowest BCUT2D eigenvalue weighted by atomic mass is 9.96. The lowest BCUT2D eigenvalue weighted by molar-refractivity contribution is -0.132. The van der Waals surface area contributed by atoms with Crippen molar-refractivity contribution in [1.82, 2.24) is 14.4 Å². The topological polar surface area (TPSA) is 134 Å². The minimum atomic E-state index is -1.12. The highest BCUT2D eigenvalue weighted by molar-refractivity contribution is 7.17. The molecule has 0 aliphatic carbocycles. The summed E-state index contributed by atoms with van der Waals surface area (Å²) in [5, 5.41) is 21.7. The van der Waals surface area contributed by atoms with E-state index in [1.165, 1.54) is 19.2 Å². The van der Waals surface area contributed by atoms with Gasteiger partial charge in [-0.2, -0.15) is 0 Å². The van der Waals surface area contributed by atoms with Crippen LogP contribution in [0.4, 0.5) is 5.13 Å². The van der Waals surface area contributed by atoms with E-state index in [4.69, 9.17) is 4.74 Å². The van der Waals surface area contributed by atoms with Gasteiger partial charge in [-0.15, -0.1) is 0 Å². The van der Waals surface area contributed by atoms with Crippen LogP contribution in [-0.2, 0) is 14.3 Å². The van der Waals surface area contributed by atoms with Crippen molar-refractivity contribution >= 4 is 45.5 Å². The Morgan fingerprint density at radius 1 is 1.08 bits per heavy atom. The quantitative estimate of drug-likeness (QED) is 0.187. The number of fused-ring (bicyclic) bond motifs is 1. The largest absolute Gasteiger partial charge is 0.508 e. The number of aromatic hydroxyl groups is 1. The summed E-state index contributed by atoms with van der Waals surface area (Å²) in [6.07, 6.45) is 1.69. The lowest BCUT2D eigenvalue weighted by Gasteiger charge is -2.23. The van der Waals surface area contributed by atoms with Crippen molar-refractivity contribution in [1.29, 1.82) is 0 Å². The van der Waals surface area contributed by atoms with E-state index in [-0.39, 0.29) is 27.0 Å². The highest BCUT2D eigenvalue weighted by atomic mass is 32.1. The van der Waals surface area contributed by atoms with Gasteiger partial charge >= 0.3 is 11.9 Å². The molecule has 0 radical (unpaired) electrons. The summed E-state index contributed by atoms with van der Waals surface area (Å²) in [7, 11) is 1.23. The van der Waals surface area contributed by atoms with Crippen LogP contribution < -0.4 is 4.90 Å². The second kappa shape index (κ2) is 8.61. The molecule has 1 amide bonds. The number of phenols is 1. The molecule has 4 heterocycles. The minimum Gasteiger partial charge on any atom is -0.508 e. The average molecular weight is 505 g/mol. The molecule has 4 aromatic rings. The summed E-state index contributed by atoms with van der Waals surface area (Å²) < 4.78 is 6.43. The van der Waals surface area contributed by atoms with E-state index in [0.717, 1.165) is 16.2 Å². The molecular formula is C25H20N4O6S. The number of phenolic OH excluding ortho intramolecular Hbond substituents is 1. The van der Waals surface area contributed by atoms with Crippen molar-refractivity contribution in [3.05, 3.63) is 81.8 Å². The van der Waals surface area contributed by atoms with Gasteiger partial charge in [0.05, 0.1) is 30.1 Å². The number of aromatic nitrogens is 3. The van der Waals surface area contributed by atoms with E-state index in [9.17, 15) is 24.6 Å². The van der Waals surface area contributed by atoms with Crippen LogP contribution in [-0.4, -0.2) is 49.4 Å². The van der Waals surface area contributed by atoms with Crippen LogP contribution in [0.2, 0.25) is 0 Å². The normalized spacial score (nSPS) is 17.2. The first-order valence-corrected chi connectivity index (χ1v) is 11.6. The molecule has 5 rings (SSSR count). The molecule has 0 spiro atoms. The Morgan fingerprint density at radius 3 is 2.58 bits per heavy atom. The van der Waals surface area contributed by atoms with Crippen molar-refractivity contribution in [2.75, 3.05) is 12.0 Å². The van der Waals surface area contributed by atoms with E-state index in [1.54, 1.807) is 54.8 Å². The molecule has 1 atom stereocenters. The van der Waals surface area contributed by atoms with E-state index in [1.807, 2.05) is 0 Å². The standard InChI is InChI=1S/C25H20N4O6S/c1-12-18(28-10-5-4-9-16(28)26-12)20(31)17-19(14-7-6-8-15(30)11-14)29(23(33)21(17)32)25-27-13(2)22(36-25)24(34)35-3/h4-11,19,30-31H,1-3H3. The molecule has 1 aromatic carbocycles. The molecular weight excluding hydrogens is 484 g/mol. The van der Waals surface area contributed by atoms with Gasteiger partial charge in [0.2, 0.25) is 0 Å². The zero-order chi connectivity index (χ0) is 25.7. The smallest absolute Gasteiger partial charge is 0.350 e. The second-order valence-corrected chi connectivity index (χ2v) is 9.12. The van der Waals surface area contributed by atoms with E-state index >= 15 is 0 Å². The van der Waals surface area contributed by atoms with Gasteiger partial charge in [0, 0.05) is 6.20 Å². The molecule has 1 aliphatic rings. The number of benzene rings is 1. The van der Waals surface area contributed by atoms with Gasteiger partial charge in [-0.1, -0.05) is 29.5 Å². The highest BCUT2D eigenvalue weighted by Crippen LogP contribution is 2.44. The Bertz CT molecular complexity index is 1600. The predicted molar refractivity (Wildman–Crippen MR) is 131 cm³/mol. The Labute approximate surface area is 208 Å². The van der Waals surface area contributed by atoms with Crippen LogP contribution in [0.5, 0.6) is 5.75 Å². The fourth-order valence-electron chi connectivity index (χ4n) is 4.33. The number of aliphatic hydroxyl groups excluding tert-OH is 1. The fraction of sp³-hybridized carbons (Fsp3) is 0.160. The first-order chi connectivity index (χ1) is 17.2. The summed E-state index contributed by atoms with van der Waals surface area (Å²) in [5.74, 6) is -2.99. The van der Waals surface area contributed by atoms with Crippen molar-refractivity contribution in [3.8, 4) is 5.75 Å². The number of nitrogens with zero attached hydrogens (tertiary/aromatic N) is 4. The number of hydrogen-bond acceptors (Lipinski definition) is 9. The minimum absolute atomic E-state index is 0.0808. The molecule has 36 heavy (non-hydrogen) atoms. The van der Waals surface area contributed by atoms with Gasteiger partial charge in [-0.3, -0.25) is 18.9 Å². The van der Waals surface area contributed by atoms with Gasteiger partial charge in [0.15, 0.2) is 10.9 Å². The molecule has 2 N–H and O–H groups in total. The van der Waals surface area contributed by atoms with Crippen LogP contribution in [0.25, 0.3) is 11.4 Å². The monoisotopic (exact) mass is 504 g/mol. The summed E-state index contributed by atoms with van der Waals surface area (Å²) in [5.41, 5.74) is 1.78. The number of thiazole rings is 1. The van der Waals surface area contributed by atoms with Gasteiger partial charge < -0.3 is 14.9 Å². The summed E-state index contributed by atoms with van der Waals surface area (Å²) in [4.78, 5) is 49.1. The maximum Gasteiger partial charge on any atom is 0.350 e. The number of carbonyl (C=O) groups is 3. The van der Waals surface area contributed by atoms with Crippen LogP contribution in [0.15, 0.2) is 54.2 Å². The number of amides is 1. The van der Waals surface area contributed by atoms with E-state index in [0.29, 0.717) is 22.6 Å². The molecule has 0 saturated carbocycles. The lowest BCUT2D eigenvalue weighted by Crippen LogP contribution is -2.29. The summed E-state index contributed by atoms with van der Waals surface area (Å²) in [6, 6.07) is 10.2. The number of hydrogen-bond donors (Lipinski definition) is 2. The molecule has 3 aromatic heterocycles. The third kappa shape index (κ3) is 3.52. The number of anilines is 1. The van der Waals surface area contributed by atoms with Gasteiger partial charge in [-0.25, -0.2) is 14.8 Å². The maximum absolute atomic E-state index is 13.4. The zero-order valence-electron chi connectivity index (χ0n) is 19.4. The molecule has 10 nitrogen and oxygen atoms in total. The van der Waals surface area contributed by atoms with E-state index < -0.39 is 29.5 Å². The van der Waals surface area contributed by atoms with E-state index in [2.05, 4.69) is 9.97 Å². The molecule has 11 heteroatoms. The van der Waals surface area contributed by atoms with Crippen LogP contribution >= 0.6 is 11.3 Å². The number of methoxy groups -OCH3 is 1. The molecule has 1 unspecified atom stereocenters. The van der Waals surface area contributed by atoms with Crippen LogP contribution in [0.1, 0.15) is 38.4 Å². The Kier molecular flexibility index (Phi) is 5.56. The van der Waals surface area contributed by atoms with Crippen LogP contribution in [0, 0.1) is 13.8 Å². The van der Waals surface area contributed by atoms with Crippen molar-refractivity contribution < 1.29 is 29.3 Å². The molecule has 1 saturated heterocycles. The SMILES string of the molecule is COC(=O)c1sc(N2C(=O)C(=O)C(=C(O)c3c(C)nc4ccccn34)C2c2cccc(O)c2)nc1C. The van der Waals surface area contributed by atoms with Crippen molar-refractivity contribution in [2.45, 2.75) is 19.9 Å². The fourth-order valence-corrected chi connectivity index (χ4v) is 5.35. The van der Waals surface area contributed by atoms with Gasteiger partial charge in [0.1, 0.15) is 22.0 Å². The first kappa shape index (κ1) is 23.2. The number of rotatable bonds is 4. The Hall–Kier alpha value is -4.51. The summed E-state index contributed by atoms with van der Waals surface area (Å²) in [6.45, 7) is 3.28.